The minimum Gasteiger partial charge on any atom is -0.465 e. The van der Waals surface area contributed by atoms with E-state index in [2.05, 4.69) is 21.5 Å². The molecule has 0 aliphatic heterocycles. The Bertz CT molecular complexity index is 400. The Morgan fingerprint density at radius 3 is 1.95 bits per heavy atom. The van der Waals surface area contributed by atoms with Gasteiger partial charge in [-0.05, 0) is 39.1 Å². The van der Waals surface area contributed by atoms with Crippen LogP contribution in [0, 0.1) is 5.41 Å². The number of carboxylic acid groups (broad SMARTS) is 1. The van der Waals surface area contributed by atoms with Crippen LogP contribution in [0.25, 0.3) is 26.4 Å². The molecule has 12 heteroatoms. The Balaban J connectivity index is -0.000000432. The third-order valence-corrected chi connectivity index (χ3v) is 1.99. The van der Waals surface area contributed by atoms with E-state index in [9.17, 15) is 4.79 Å². The van der Waals surface area contributed by atoms with Crippen molar-refractivity contribution < 1.29 is 9.90 Å². The first-order valence-electron chi connectivity index (χ1n) is 6.13. The fourth-order valence-electron chi connectivity index (χ4n) is 1.22. The van der Waals surface area contributed by atoms with Crippen LogP contribution in [0.5, 0.6) is 0 Å². The lowest BCUT2D eigenvalue weighted by molar-refractivity contribution is 0.0992. The molecule has 0 heterocycles. The second kappa shape index (κ2) is 14.6. The molecule has 0 spiro atoms. The van der Waals surface area contributed by atoms with Crippen molar-refractivity contribution in [2.24, 2.45) is 16.6 Å². The molecule has 126 valence electrons. The van der Waals surface area contributed by atoms with Gasteiger partial charge >= 0.3 is 6.09 Å². The number of nitrogens with two attached hydrogens (primary N) is 2. The predicted octanol–water partition coefficient (Wildman–Crippen LogP) is 2.56. The van der Waals surface area contributed by atoms with Crippen LogP contribution in [0.3, 0.4) is 0 Å². The van der Waals surface area contributed by atoms with Gasteiger partial charge in [-0.2, -0.15) is 0 Å². The van der Waals surface area contributed by atoms with Crippen molar-refractivity contribution in [2.75, 3.05) is 13.1 Å². The molecule has 0 atom stereocenters. The molecule has 0 rings (SSSR count). The monoisotopic (exact) mass is 315 g/mol. The van der Waals surface area contributed by atoms with Crippen LogP contribution in [0.4, 0.5) is 4.79 Å². The molecule has 0 saturated heterocycles. The maximum absolute atomic E-state index is 10.9. The van der Waals surface area contributed by atoms with Gasteiger partial charge in [0.2, 0.25) is 0 Å². The highest BCUT2D eigenvalue weighted by Gasteiger charge is 2.24. The minimum atomic E-state index is -0.911. The Kier molecular flexibility index (Phi) is 16.0. The Labute approximate surface area is 128 Å². The highest BCUT2D eigenvalue weighted by molar-refractivity contribution is 5.71. The third-order valence-electron chi connectivity index (χ3n) is 1.99. The number of nitrogens with zero attached hydrogens (tertiary/aromatic N) is 7. The van der Waals surface area contributed by atoms with Gasteiger partial charge in [-0.25, -0.2) is 4.79 Å². The van der Waals surface area contributed by atoms with Crippen LogP contribution in [-0.2, 0) is 0 Å². The first-order chi connectivity index (χ1) is 10.0. The summed E-state index contributed by atoms with van der Waals surface area (Å²) in [7, 11) is 0. The van der Waals surface area contributed by atoms with Crippen molar-refractivity contribution >= 4 is 12.1 Å². The van der Waals surface area contributed by atoms with Gasteiger partial charge in [0, 0.05) is 23.5 Å². The lowest BCUT2D eigenvalue weighted by Gasteiger charge is -2.33. The lowest BCUT2D eigenvalue weighted by Crippen LogP contribution is -2.45. The third kappa shape index (κ3) is 22.3. The molecular formula is C10H23N10O2-. The largest absolute Gasteiger partial charge is 0.465 e. The first-order valence-corrected chi connectivity index (χ1v) is 6.13. The molecule has 1 amide bonds. The van der Waals surface area contributed by atoms with Crippen molar-refractivity contribution in [3.8, 4) is 0 Å². The quantitative estimate of drug-likeness (QED) is 0.150. The lowest BCUT2D eigenvalue weighted by atomic mass is 10.1. The molecule has 0 aromatic heterocycles. The molecule has 0 aromatic rings. The highest BCUT2D eigenvalue weighted by atomic mass is 16.4. The van der Waals surface area contributed by atoms with Gasteiger partial charge in [-0.15, -0.1) is 0 Å². The van der Waals surface area contributed by atoms with E-state index < -0.39 is 6.09 Å². The van der Waals surface area contributed by atoms with Crippen molar-refractivity contribution in [1.82, 2.24) is 4.90 Å². The summed E-state index contributed by atoms with van der Waals surface area (Å²) < 4.78 is 0. The van der Waals surface area contributed by atoms with Gasteiger partial charge < -0.3 is 32.5 Å². The van der Waals surface area contributed by atoms with Crippen LogP contribution in [-0.4, -0.2) is 40.7 Å². The molecule has 6 N–H and O–H groups in total. The van der Waals surface area contributed by atoms with Crippen LogP contribution in [0.1, 0.15) is 33.6 Å². The topological polar surface area (TPSA) is 224 Å². The van der Waals surface area contributed by atoms with Crippen LogP contribution < -0.4 is 11.5 Å². The normalized spacial score (nSPS) is 8.68. The fourth-order valence-corrected chi connectivity index (χ4v) is 1.22. The SMILES string of the molecule is CC(C)(C)N(CCCCN=[N+]=[N-])C(=O)O.N=C(N)N.[N-]=[N+]=[N-]. The Hall–Kier alpha value is -2.84. The van der Waals surface area contributed by atoms with Crippen LogP contribution in [0.15, 0.2) is 5.11 Å². The first kappa shape index (κ1) is 24.2. The number of azide groups is 1. The Morgan fingerprint density at radius 1 is 1.27 bits per heavy atom. The molecule has 0 bridgehead atoms. The predicted molar refractivity (Wildman–Crippen MR) is 83.9 cm³/mol. The summed E-state index contributed by atoms with van der Waals surface area (Å²) in [6.07, 6.45) is 0.512. The molecule has 0 aromatic carbocycles. The summed E-state index contributed by atoms with van der Waals surface area (Å²) in [5, 5.41) is 18.4. The van der Waals surface area contributed by atoms with Gasteiger partial charge in [0.25, 0.3) is 0 Å². The number of guanidine groups is 1. The summed E-state index contributed by atoms with van der Waals surface area (Å²) in [5.41, 5.74) is 30.1. The van der Waals surface area contributed by atoms with Gasteiger partial charge in [0.15, 0.2) is 5.96 Å². The van der Waals surface area contributed by atoms with E-state index in [1.54, 1.807) is 0 Å². The zero-order chi connectivity index (χ0) is 18.2. The van der Waals surface area contributed by atoms with Gasteiger partial charge in [0.05, 0.1) is 0 Å². The van der Waals surface area contributed by atoms with E-state index in [4.69, 9.17) is 27.1 Å². The van der Waals surface area contributed by atoms with Gasteiger partial charge in [0.1, 0.15) is 0 Å². The van der Waals surface area contributed by atoms with Crippen molar-refractivity contribution in [3.05, 3.63) is 26.4 Å². The molecule has 0 radical (unpaired) electrons. The number of rotatable bonds is 5. The number of amides is 1. The molecule has 0 aliphatic carbocycles. The van der Waals surface area contributed by atoms with Crippen molar-refractivity contribution in [1.29, 1.82) is 5.41 Å². The smallest absolute Gasteiger partial charge is 0.407 e. The molecule has 12 nitrogen and oxygen atoms in total. The second-order valence-corrected chi connectivity index (χ2v) is 4.81. The highest BCUT2D eigenvalue weighted by Crippen LogP contribution is 2.14. The number of carbonyl (C=O) groups is 1. The second-order valence-electron chi connectivity index (χ2n) is 4.81. The van der Waals surface area contributed by atoms with Gasteiger partial charge in [-0.1, -0.05) is 5.11 Å². The maximum Gasteiger partial charge on any atom is 0.407 e. The molecule has 22 heavy (non-hydrogen) atoms. The summed E-state index contributed by atoms with van der Waals surface area (Å²) in [5.74, 6) is -0.333. The Morgan fingerprint density at radius 2 is 1.68 bits per heavy atom. The van der Waals surface area contributed by atoms with E-state index in [0.717, 1.165) is 0 Å². The molecule has 0 saturated carbocycles. The standard InChI is InChI=1S/C9H18N4O2.CH5N3.N3/c1-9(2,3)13(8(14)15)7-5-4-6-11-12-10;2-1(3)4;1-3-2/h4-7H2,1-3H3,(H,14,15);(H5,2,3,4);/q;;-1. The molecule has 0 fully saturated rings. The average Bonchev–Trinajstić information content (AvgIpc) is 2.31. The van der Waals surface area contributed by atoms with Crippen molar-refractivity contribution in [2.45, 2.75) is 39.2 Å². The maximum atomic E-state index is 10.9. The number of hydrogen-bond acceptors (Lipinski definition) is 3. The summed E-state index contributed by atoms with van der Waals surface area (Å²) in [6.45, 7) is 6.46. The van der Waals surface area contributed by atoms with Crippen LogP contribution >= 0.6 is 0 Å². The average molecular weight is 315 g/mol. The zero-order valence-corrected chi connectivity index (χ0v) is 13.0. The summed E-state index contributed by atoms with van der Waals surface area (Å²) >= 11 is 0. The van der Waals surface area contributed by atoms with Crippen LogP contribution in [0.2, 0.25) is 0 Å². The zero-order valence-electron chi connectivity index (χ0n) is 13.0. The summed E-state index contributed by atoms with van der Waals surface area (Å²) in [4.78, 5) is 16.4. The number of unbranched alkanes of at least 4 members (excludes halogenated alkanes) is 1. The molecular weight excluding hydrogens is 292 g/mol. The van der Waals surface area contributed by atoms with Gasteiger partial charge in [-0.3, -0.25) is 10.3 Å². The number of hydrogen-bond donors (Lipinski definition) is 4. The van der Waals surface area contributed by atoms with E-state index in [1.165, 1.54) is 9.81 Å². The number of nitrogens with one attached hydrogen (secondary N) is 1. The molecule has 0 aliphatic rings. The van der Waals surface area contributed by atoms with E-state index in [0.29, 0.717) is 25.9 Å². The molecule has 0 unspecified atom stereocenters. The van der Waals surface area contributed by atoms with Crippen molar-refractivity contribution in [3.63, 3.8) is 0 Å². The van der Waals surface area contributed by atoms with E-state index in [-0.39, 0.29) is 11.5 Å². The minimum absolute atomic E-state index is 0.333. The van der Waals surface area contributed by atoms with E-state index >= 15 is 0 Å². The fraction of sp³-hybridized carbons (Fsp3) is 0.800. The summed E-state index contributed by atoms with van der Waals surface area (Å²) in [6, 6.07) is 0. The van der Waals surface area contributed by atoms with E-state index in [1.807, 2.05) is 20.8 Å².